The summed E-state index contributed by atoms with van der Waals surface area (Å²) in [5, 5.41) is 11.7. The summed E-state index contributed by atoms with van der Waals surface area (Å²) in [6.45, 7) is 2.71. The van der Waals surface area contributed by atoms with Crippen LogP contribution in [-0.4, -0.2) is 49.0 Å². The van der Waals surface area contributed by atoms with Crippen molar-refractivity contribution in [3.05, 3.63) is 5.51 Å². The molecule has 0 radical (unpaired) electrons. The number of aromatic nitrogens is 2. The second kappa shape index (κ2) is 5.65. The number of carbonyl (C=O) groups excluding carboxylic acids is 1. The first kappa shape index (κ1) is 13.8. The number of nitrogens with one attached hydrogen (secondary N) is 1. The Bertz CT molecular complexity index is 447. The summed E-state index contributed by atoms with van der Waals surface area (Å²) < 4.78 is 5.79. The number of piperidine rings is 1. The van der Waals surface area contributed by atoms with E-state index in [1.165, 1.54) is 0 Å². The number of ether oxygens (including phenoxy) is 1. The fourth-order valence-electron chi connectivity index (χ4n) is 3.11. The van der Waals surface area contributed by atoms with Crippen molar-refractivity contribution in [3.63, 3.8) is 0 Å². The number of anilines is 1. The second-order valence-corrected chi connectivity index (χ2v) is 6.47. The van der Waals surface area contributed by atoms with Gasteiger partial charge < -0.3 is 15.0 Å². The van der Waals surface area contributed by atoms with Crippen LogP contribution in [-0.2, 0) is 9.53 Å². The number of carbonyl (C=O) groups is 1. The molecule has 0 aliphatic carbocycles. The van der Waals surface area contributed by atoms with E-state index in [-0.39, 0.29) is 17.4 Å². The highest BCUT2D eigenvalue weighted by Crippen LogP contribution is 2.41. The highest BCUT2D eigenvalue weighted by Gasteiger charge is 2.40. The van der Waals surface area contributed by atoms with E-state index in [9.17, 15) is 4.79 Å². The minimum atomic E-state index is -0.258. The third-order valence-electron chi connectivity index (χ3n) is 4.51. The Labute approximate surface area is 122 Å². The SMILES string of the molecule is CNC(=O)[C@@H]1CCC2(CCN(c3nncs3)CC2)CO1. The van der Waals surface area contributed by atoms with Crippen LogP contribution in [0.2, 0.25) is 0 Å². The predicted octanol–water partition coefficient (Wildman–Crippen LogP) is 1.05. The van der Waals surface area contributed by atoms with Gasteiger partial charge in [-0.3, -0.25) is 4.79 Å². The normalized spacial score (nSPS) is 25.6. The van der Waals surface area contributed by atoms with E-state index in [0.29, 0.717) is 6.61 Å². The van der Waals surface area contributed by atoms with Crippen molar-refractivity contribution in [3.8, 4) is 0 Å². The van der Waals surface area contributed by atoms with Gasteiger partial charge in [-0.1, -0.05) is 11.3 Å². The largest absolute Gasteiger partial charge is 0.368 e. The van der Waals surface area contributed by atoms with Crippen molar-refractivity contribution in [1.82, 2.24) is 15.5 Å². The zero-order valence-electron chi connectivity index (χ0n) is 11.7. The second-order valence-electron chi connectivity index (χ2n) is 5.66. The van der Waals surface area contributed by atoms with Crippen LogP contribution >= 0.6 is 11.3 Å². The van der Waals surface area contributed by atoms with Crippen LogP contribution in [0.5, 0.6) is 0 Å². The summed E-state index contributed by atoms with van der Waals surface area (Å²) in [6.07, 6.45) is 3.86. The smallest absolute Gasteiger partial charge is 0.248 e. The molecule has 110 valence electrons. The summed E-state index contributed by atoms with van der Waals surface area (Å²) >= 11 is 1.59. The van der Waals surface area contributed by atoms with E-state index in [1.807, 2.05) is 0 Å². The van der Waals surface area contributed by atoms with Crippen LogP contribution in [0, 0.1) is 5.41 Å². The third-order valence-corrected chi connectivity index (χ3v) is 5.26. The molecule has 0 unspecified atom stereocenters. The van der Waals surface area contributed by atoms with Crippen LogP contribution in [0.25, 0.3) is 0 Å². The quantitative estimate of drug-likeness (QED) is 0.883. The van der Waals surface area contributed by atoms with Gasteiger partial charge in [-0.05, 0) is 31.1 Å². The first-order chi connectivity index (χ1) is 9.72. The van der Waals surface area contributed by atoms with Crippen LogP contribution < -0.4 is 10.2 Å². The van der Waals surface area contributed by atoms with E-state index < -0.39 is 0 Å². The lowest BCUT2D eigenvalue weighted by Crippen LogP contribution is -2.48. The average molecular weight is 296 g/mol. The van der Waals surface area contributed by atoms with Crippen molar-refractivity contribution >= 4 is 22.4 Å². The Balaban J connectivity index is 1.55. The highest BCUT2D eigenvalue weighted by molar-refractivity contribution is 7.13. The van der Waals surface area contributed by atoms with Crippen molar-refractivity contribution in [2.75, 3.05) is 31.6 Å². The Hall–Kier alpha value is -1.21. The fraction of sp³-hybridized carbons (Fsp3) is 0.769. The Morgan fingerprint density at radius 3 is 2.85 bits per heavy atom. The maximum absolute atomic E-state index is 11.6. The summed E-state index contributed by atoms with van der Waals surface area (Å²) in [7, 11) is 1.66. The van der Waals surface area contributed by atoms with Gasteiger partial charge in [-0.25, -0.2) is 0 Å². The molecule has 2 fully saturated rings. The maximum Gasteiger partial charge on any atom is 0.248 e. The van der Waals surface area contributed by atoms with Crippen molar-refractivity contribution < 1.29 is 9.53 Å². The molecule has 3 heterocycles. The number of hydrogen-bond donors (Lipinski definition) is 1. The van der Waals surface area contributed by atoms with Crippen LogP contribution in [0.4, 0.5) is 5.13 Å². The molecule has 1 aromatic heterocycles. The molecule has 7 heteroatoms. The minimum Gasteiger partial charge on any atom is -0.368 e. The molecule has 2 saturated heterocycles. The first-order valence-corrected chi connectivity index (χ1v) is 7.95. The lowest BCUT2D eigenvalue weighted by atomic mass is 9.73. The molecular weight excluding hydrogens is 276 g/mol. The van der Waals surface area contributed by atoms with Gasteiger partial charge in [0.25, 0.3) is 0 Å². The molecule has 6 nitrogen and oxygen atoms in total. The van der Waals surface area contributed by atoms with Gasteiger partial charge in [0.05, 0.1) is 6.61 Å². The van der Waals surface area contributed by atoms with E-state index in [2.05, 4.69) is 20.4 Å². The van der Waals surface area contributed by atoms with Gasteiger partial charge in [-0.15, -0.1) is 10.2 Å². The van der Waals surface area contributed by atoms with E-state index >= 15 is 0 Å². The van der Waals surface area contributed by atoms with Crippen LogP contribution in [0.3, 0.4) is 0 Å². The molecule has 3 rings (SSSR count). The molecule has 2 aliphatic rings. The molecular formula is C13H20N4O2S. The number of hydrogen-bond acceptors (Lipinski definition) is 6. The van der Waals surface area contributed by atoms with Gasteiger partial charge in [0, 0.05) is 20.1 Å². The molecule has 1 amide bonds. The van der Waals surface area contributed by atoms with Gasteiger partial charge in [0.2, 0.25) is 11.0 Å². The molecule has 1 N–H and O–H groups in total. The lowest BCUT2D eigenvalue weighted by molar-refractivity contribution is -0.142. The molecule has 2 aliphatic heterocycles. The van der Waals surface area contributed by atoms with Gasteiger partial charge in [0.15, 0.2) is 0 Å². The summed E-state index contributed by atoms with van der Waals surface area (Å²) in [5.74, 6) is 0.00569. The van der Waals surface area contributed by atoms with Gasteiger partial charge in [0.1, 0.15) is 11.6 Å². The predicted molar refractivity (Wildman–Crippen MR) is 76.8 cm³/mol. The standard InChI is InChI=1S/C13H20N4O2S/c1-14-11(18)10-2-3-13(8-19-10)4-6-17(7-5-13)12-16-15-9-20-12/h9-10H,2-8H2,1H3,(H,14,18)/t10-/m0/s1. The molecule has 1 atom stereocenters. The summed E-state index contributed by atoms with van der Waals surface area (Å²) in [4.78, 5) is 13.9. The van der Waals surface area contributed by atoms with Crippen molar-refractivity contribution in [1.29, 1.82) is 0 Å². The molecule has 1 aromatic rings. The zero-order valence-corrected chi connectivity index (χ0v) is 12.5. The third kappa shape index (κ3) is 2.64. The number of nitrogens with zero attached hydrogens (tertiary/aromatic N) is 3. The number of rotatable bonds is 2. The molecule has 0 bridgehead atoms. The highest BCUT2D eigenvalue weighted by atomic mass is 32.1. The number of amides is 1. The molecule has 20 heavy (non-hydrogen) atoms. The Kier molecular flexibility index (Phi) is 3.89. The Morgan fingerprint density at radius 2 is 2.30 bits per heavy atom. The minimum absolute atomic E-state index is 0.00569. The Morgan fingerprint density at radius 1 is 1.50 bits per heavy atom. The molecule has 1 spiro atoms. The fourth-order valence-corrected chi connectivity index (χ4v) is 3.72. The topological polar surface area (TPSA) is 67.4 Å². The number of likely N-dealkylation sites (N-methyl/N-ethyl adjacent to an activating group) is 1. The molecule has 0 aromatic carbocycles. The van der Waals surface area contributed by atoms with Crippen molar-refractivity contribution in [2.45, 2.75) is 31.8 Å². The van der Waals surface area contributed by atoms with E-state index in [1.54, 1.807) is 23.9 Å². The summed E-state index contributed by atoms with van der Waals surface area (Å²) in [6, 6.07) is 0. The maximum atomic E-state index is 11.6. The van der Waals surface area contributed by atoms with Gasteiger partial charge >= 0.3 is 0 Å². The zero-order chi connectivity index (χ0) is 14.0. The first-order valence-electron chi connectivity index (χ1n) is 7.07. The summed E-state index contributed by atoms with van der Waals surface area (Å²) in [5.41, 5.74) is 2.03. The van der Waals surface area contributed by atoms with E-state index in [4.69, 9.17) is 4.74 Å². The average Bonchev–Trinajstić information content (AvgIpc) is 3.02. The lowest BCUT2D eigenvalue weighted by Gasteiger charge is -2.45. The van der Waals surface area contributed by atoms with E-state index in [0.717, 1.165) is 43.9 Å². The van der Waals surface area contributed by atoms with Gasteiger partial charge in [-0.2, -0.15) is 0 Å². The van der Waals surface area contributed by atoms with Crippen LogP contribution in [0.15, 0.2) is 5.51 Å². The molecule has 0 saturated carbocycles. The van der Waals surface area contributed by atoms with Crippen LogP contribution in [0.1, 0.15) is 25.7 Å². The monoisotopic (exact) mass is 296 g/mol. The van der Waals surface area contributed by atoms with Crippen molar-refractivity contribution in [2.24, 2.45) is 5.41 Å².